The zero-order valence-electron chi connectivity index (χ0n) is 6.24. The second-order valence-corrected chi connectivity index (χ2v) is 3.22. The first-order valence-corrected chi connectivity index (χ1v) is 4.58. The van der Waals surface area contributed by atoms with Crippen LogP contribution in [0, 0.1) is 12.3 Å². The van der Waals surface area contributed by atoms with Crippen LogP contribution in [0.4, 0.5) is 0 Å². The van der Waals surface area contributed by atoms with Crippen molar-refractivity contribution in [1.29, 1.82) is 0 Å². The van der Waals surface area contributed by atoms with E-state index in [1.807, 2.05) is 5.92 Å². The van der Waals surface area contributed by atoms with Crippen LogP contribution in [0.25, 0.3) is 0 Å². The third-order valence-electron chi connectivity index (χ3n) is 0.754. The SMILES string of the molecule is C#CCOS(=O)(=O)COCC. The van der Waals surface area contributed by atoms with Crippen LogP contribution in [-0.4, -0.2) is 27.6 Å². The van der Waals surface area contributed by atoms with E-state index in [1.54, 1.807) is 6.92 Å². The maximum absolute atomic E-state index is 10.7. The van der Waals surface area contributed by atoms with Crippen molar-refractivity contribution in [1.82, 2.24) is 0 Å². The van der Waals surface area contributed by atoms with E-state index in [2.05, 4.69) is 8.92 Å². The van der Waals surface area contributed by atoms with E-state index >= 15 is 0 Å². The summed E-state index contributed by atoms with van der Waals surface area (Å²) in [6.45, 7) is 1.78. The number of rotatable bonds is 5. The third kappa shape index (κ3) is 5.85. The largest absolute Gasteiger partial charge is 0.363 e. The Labute approximate surface area is 66.6 Å². The smallest absolute Gasteiger partial charge is 0.292 e. The van der Waals surface area contributed by atoms with Crippen molar-refractivity contribution in [2.45, 2.75) is 6.92 Å². The van der Waals surface area contributed by atoms with Crippen LogP contribution in [0.2, 0.25) is 0 Å². The van der Waals surface area contributed by atoms with E-state index in [-0.39, 0.29) is 6.61 Å². The van der Waals surface area contributed by atoms with E-state index in [0.717, 1.165) is 0 Å². The molecule has 0 saturated carbocycles. The molecule has 11 heavy (non-hydrogen) atoms. The molecular weight excluding hydrogens is 168 g/mol. The van der Waals surface area contributed by atoms with Crippen LogP contribution in [0.15, 0.2) is 0 Å². The quantitative estimate of drug-likeness (QED) is 0.438. The van der Waals surface area contributed by atoms with Gasteiger partial charge in [-0.3, -0.25) is 4.18 Å². The molecule has 0 N–H and O–H groups in total. The van der Waals surface area contributed by atoms with Crippen LogP contribution >= 0.6 is 0 Å². The van der Waals surface area contributed by atoms with Crippen molar-refractivity contribution in [3.05, 3.63) is 0 Å². The summed E-state index contributed by atoms with van der Waals surface area (Å²) in [5, 5.41) is 0. The van der Waals surface area contributed by atoms with Crippen molar-refractivity contribution < 1.29 is 17.3 Å². The molecule has 0 saturated heterocycles. The van der Waals surface area contributed by atoms with Gasteiger partial charge in [-0.05, 0) is 6.92 Å². The van der Waals surface area contributed by atoms with Gasteiger partial charge in [0.15, 0.2) is 5.94 Å². The first-order chi connectivity index (χ1) is 5.12. The molecule has 0 amide bonds. The molecule has 0 radical (unpaired) electrons. The highest BCUT2D eigenvalue weighted by Gasteiger charge is 2.08. The molecule has 0 unspecified atom stereocenters. The maximum atomic E-state index is 10.7. The predicted molar refractivity (Wildman–Crippen MR) is 40.2 cm³/mol. The summed E-state index contributed by atoms with van der Waals surface area (Å²) in [5.41, 5.74) is 0. The summed E-state index contributed by atoms with van der Waals surface area (Å²) < 4.78 is 30.3. The van der Waals surface area contributed by atoms with Crippen molar-refractivity contribution in [2.24, 2.45) is 0 Å². The van der Waals surface area contributed by atoms with Gasteiger partial charge in [0.1, 0.15) is 6.61 Å². The molecule has 0 fully saturated rings. The van der Waals surface area contributed by atoms with Gasteiger partial charge in [-0.25, -0.2) is 0 Å². The molecule has 4 nitrogen and oxygen atoms in total. The van der Waals surface area contributed by atoms with Gasteiger partial charge in [-0.15, -0.1) is 6.42 Å². The van der Waals surface area contributed by atoms with Crippen LogP contribution in [0.3, 0.4) is 0 Å². The Bertz CT molecular complexity index is 223. The zero-order valence-corrected chi connectivity index (χ0v) is 7.06. The van der Waals surface area contributed by atoms with Gasteiger partial charge in [-0.1, -0.05) is 5.92 Å². The minimum atomic E-state index is -3.57. The highest BCUT2D eigenvalue weighted by Crippen LogP contribution is 1.92. The van der Waals surface area contributed by atoms with Crippen molar-refractivity contribution in [3.8, 4) is 12.3 Å². The molecule has 0 bridgehead atoms. The lowest BCUT2D eigenvalue weighted by molar-refractivity contribution is 0.180. The standard InChI is InChI=1S/C6H10O4S/c1-3-5-10-11(7,8)6-9-4-2/h1H,4-6H2,2H3. The number of hydrogen-bond donors (Lipinski definition) is 0. The van der Waals surface area contributed by atoms with Gasteiger partial charge >= 0.3 is 0 Å². The van der Waals surface area contributed by atoms with Crippen LogP contribution in [-0.2, 0) is 19.0 Å². The summed E-state index contributed by atoms with van der Waals surface area (Å²) in [5.74, 6) is 1.60. The highest BCUT2D eigenvalue weighted by atomic mass is 32.2. The molecule has 5 heteroatoms. The monoisotopic (exact) mass is 178 g/mol. The summed E-state index contributed by atoms with van der Waals surface area (Å²) in [4.78, 5) is 0. The average molecular weight is 178 g/mol. The topological polar surface area (TPSA) is 52.6 Å². The molecule has 0 aromatic carbocycles. The number of hydrogen-bond acceptors (Lipinski definition) is 4. The molecular formula is C6H10O4S. The highest BCUT2D eigenvalue weighted by molar-refractivity contribution is 7.86. The van der Waals surface area contributed by atoms with Gasteiger partial charge in [0.05, 0.1) is 0 Å². The van der Waals surface area contributed by atoms with Crippen LogP contribution < -0.4 is 0 Å². The van der Waals surface area contributed by atoms with Gasteiger partial charge in [-0.2, -0.15) is 8.42 Å². The van der Waals surface area contributed by atoms with Crippen LogP contribution in [0.1, 0.15) is 6.92 Å². The lowest BCUT2D eigenvalue weighted by Gasteiger charge is -2.01. The Kier molecular flexibility index (Phi) is 4.86. The van der Waals surface area contributed by atoms with Crippen molar-refractivity contribution in [2.75, 3.05) is 19.2 Å². The Hall–Kier alpha value is -0.570. The normalized spacial score (nSPS) is 10.9. The molecule has 0 atom stereocenters. The van der Waals surface area contributed by atoms with E-state index in [0.29, 0.717) is 6.61 Å². The summed E-state index contributed by atoms with van der Waals surface area (Å²) in [6.07, 6.45) is 4.78. The summed E-state index contributed by atoms with van der Waals surface area (Å²) in [6, 6.07) is 0. The van der Waals surface area contributed by atoms with Gasteiger partial charge in [0.25, 0.3) is 10.1 Å². The lowest BCUT2D eigenvalue weighted by Crippen LogP contribution is -2.13. The molecule has 64 valence electrons. The number of terminal acetylenes is 1. The maximum Gasteiger partial charge on any atom is 0.292 e. The van der Waals surface area contributed by atoms with E-state index in [4.69, 9.17) is 6.42 Å². The van der Waals surface area contributed by atoms with E-state index in [1.165, 1.54) is 0 Å². The summed E-state index contributed by atoms with van der Waals surface area (Å²) in [7, 11) is -3.57. The molecule has 0 aliphatic rings. The van der Waals surface area contributed by atoms with Crippen LogP contribution in [0.5, 0.6) is 0 Å². The first-order valence-electron chi connectivity index (χ1n) is 3.00. The molecule has 0 aliphatic carbocycles. The third-order valence-corrected chi connectivity index (χ3v) is 1.69. The average Bonchev–Trinajstić information content (AvgIpc) is 1.97. The fourth-order valence-electron chi connectivity index (χ4n) is 0.343. The molecule has 0 spiro atoms. The Balaban J connectivity index is 3.74. The fourth-order valence-corrected chi connectivity index (χ4v) is 1.03. The molecule has 0 heterocycles. The Morgan fingerprint density at radius 2 is 2.18 bits per heavy atom. The molecule has 0 aromatic heterocycles. The minimum Gasteiger partial charge on any atom is -0.363 e. The molecule has 0 aromatic rings. The second-order valence-electron chi connectivity index (χ2n) is 1.63. The number of ether oxygens (including phenoxy) is 1. The Morgan fingerprint density at radius 3 is 2.64 bits per heavy atom. The van der Waals surface area contributed by atoms with Gasteiger partial charge < -0.3 is 4.74 Å². The van der Waals surface area contributed by atoms with Gasteiger partial charge in [0, 0.05) is 6.61 Å². The molecule has 0 aliphatic heterocycles. The van der Waals surface area contributed by atoms with Crippen molar-refractivity contribution in [3.63, 3.8) is 0 Å². The fraction of sp³-hybridized carbons (Fsp3) is 0.667. The van der Waals surface area contributed by atoms with E-state index < -0.39 is 16.1 Å². The zero-order chi connectivity index (χ0) is 8.74. The predicted octanol–water partition coefficient (Wildman–Crippen LogP) is -0.0400. The second kappa shape index (κ2) is 5.13. The first kappa shape index (κ1) is 10.4. The Morgan fingerprint density at radius 1 is 1.55 bits per heavy atom. The molecule has 0 rings (SSSR count). The van der Waals surface area contributed by atoms with Gasteiger partial charge in [0.2, 0.25) is 0 Å². The summed E-state index contributed by atoms with van der Waals surface area (Å²) >= 11 is 0. The van der Waals surface area contributed by atoms with E-state index in [9.17, 15) is 8.42 Å². The minimum absolute atomic E-state index is 0.241. The lowest BCUT2D eigenvalue weighted by atomic mass is 10.8. The van der Waals surface area contributed by atoms with Crippen molar-refractivity contribution >= 4 is 10.1 Å².